The number of hydrogen-bond donors (Lipinski definition) is 0. The number of nitrogens with zero attached hydrogens (tertiary/aromatic N) is 5. The molecule has 1 saturated heterocycles. The maximum atomic E-state index is 13.2. The van der Waals surface area contributed by atoms with Crippen LogP contribution in [0.3, 0.4) is 0 Å². The minimum absolute atomic E-state index is 0.0406. The van der Waals surface area contributed by atoms with Crippen molar-refractivity contribution in [3.05, 3.63) is 36.2 Å². The first-order valence-electron chi connectivity index (χ1n) is 10.7. The first kappa shape index (κ1) is 19.6. The largest absolute Gasteiger partial charge is 0.341 e. The van der Waals surface area contributed by atoms with Crippen LogP contribution in [0.5, 0.6) is 0 Å². The number of carbonyl (C=O) groups is 2. The number of aromatic nitrogens is 3. The Balaban J connectivity index is 1.47. The Labute approximate surface area is 171 Å². The van der Waals surface area contributed by atoms with E-state index in [-0.39, 0.29) is 24.3 Å². The molecule has 3 heterocycles. The second-order valence-corrected chi connectivity index (χ2v) is 8.08. The van der Waals surface area contributed by atoms with Gasteiger partial charge < -0.3 is 14.4 Å². The number of likely N-dealkylation sites (tertiary alicyclic amines) is 1. The van der Waals surface area contributed by atoms with Crippen LogP contribution in [0.4, 0.5) is 0 Å². The second-order valence-electron chi connectivity index (χ2n) is 8.08. The lowest BCUT2D eigenvalue weighted by Gasteiger charge is -2.28. The summed E-state index contributed by atoms with van der Waals surface area (Å²) in [6.45, 7) is 2.56. The third kappa shape index (κ3) is 4.18. The summed E-state index contributed by atoms with van der Waals surface area (Å²) in [5.74, 6) is 1.19. The van der Waals surface area contributed by atoms with Crippen LogP contribution < -0.4 is 0 Å². The van der Waals surface area contributed by atoms with E-state index in [9.17, 15) is 9.59 Å². The lowest BCUT2D eigenvalue weighted by Crippen LogP contribution is -2.43. The number of fused-ring (bicyclic) bond motifs is 1. The highest BCUT2D eigenvalue weighted by Gasteiger charge is 2.33. The zero-order valence-electron chi connectivity index (χ0n) is 17.1. The normalized spacial score (nSPS) is 19.3. The predicted octanol–water partition coefficient (Wildman–Crippen LogP) is 2.68. The molecule has 0 saturated carbocycles. The van der Waals surface area contributed by atoms with Gasteiger partial charge in [0.2, 0.25) is 11.8 Å². The number of carbonyl (C=O) groups excluding carboxylic acids is 2. The van der Waals surface area contributed by atoms with Gasteiger partial charge in [0.15, 0.2) is 5.82 Å². The van der Waals surface area contributed by atoms with Crippen molar-refractivity contribution in [1.82, 2.24) is 24.6 Å². The van der Waals surface area contributed by atoms with Gasteiger partial charge in [-0.3, -0.25) is 9.59 Å². The van der Waals surface area contributed by atoms with Crippen molar-refractivity contribution in [1.29, 1.82) is 0 Å². The van der Waals surface area contributed by atoms with Crippen molar-refractivity contribution >= 4 is 11.8 Å². The van der Waals surface area contributed by atoms with Gasteiger partial charge in [-0.25, -0.2) is 0 Å². The fourth-order valence-electron chi connectivity index (χ4n) is 4.38. The van der Waals surface area contributed by atoms with Crippen LogP contribution in [0.15, 0.2) is 30.3 Å². The summed E-state index contributed by atoms with van der Waals surface area (Å²) in [7, 11) is 1.73. The molecule has 4 rings (SSSR count). The van der Waals surface area contributed by atoms with Gasteiger partial charge in [-0.1, -0.05) is 43.2 Å². The van der Waals surface area contributed by atoms with Gasteiger partial charge in [-0.15, -0.1) is 10.2 Å². The predicted molar refractivity (Wildman–Crippen MR) is 110 cm³/mol. The Bertz CT molecular complexity index is 855. The van der Waals surface area contributed by atoms with Gasteiger partial charge in [-0.2, -0.15) is 0 Å². The topological polar surface area (TPSA) is 71.3 Å². The standard InChI is InChI=1S/C22H29N5O2/c1-25(16-19(28)26-13-7-2-3-8-14-26)22(29)18-12-9-15-27-20(23-24-21(18)27)17-10-5-4-6-11-17/h4-6,10-11,18H,2-3,7-9,12-16H2,1H3. The second kappa shape index (κ2) is 8.76. The molecule has 1 aromatic carbocycles. The van der Waals surface area contributed by atoms with Gasteiger partial charge in [-0.05, 0) is 25.7 Å². The number of amides is 2. The third-order valence-corrected chi connectivity index (χ3v) is 6.00. The minimum Gasteiger partial charge on any atom is -0.341 e. The Morgan fingerprint density at radius 2 is 1.72 bits per heavy atom. The monoisotopic (exact) mass is 395 g/mol. The molecule has 7 heteroatoms. The van der Waals surface area contributed by atoms with Crippen LogP contribution >= 0.6 is 0 Å². The highest BCUT2D eigenvalue weighted by atomic mass is 16.2. The van der Waals surface area contributed by atoms with E-state index in [1.807, 2.05) is 35.2 Å². The van der Waals surface area contributed by atoms with Crippen molar-refractivity contribution in [2.24, 2.45) is 0 Å². The molecule has 0 radical (unpaired) electrons. The van der Waals surface area contributed by atoms with Crippen LogP contribution in [-0.4, -0.2) is 63.1 Å². The van der Waals surface area contributed by atoms with E-state index in [1.54, 1.807) is 11.9 Å². The molecule has 1 atom stereocenters. The highest BCUT2D eigenvalue weighted by Crippen LogP contribution is 2.31. The van der Waals surface area contributed by atoms with E-state index < -0.39 is 0 Å². The molecule has 0 N–H and O–H groups in total. The van der Waals surface area contributed by atoms with Gasteiger partial charge in [0.1, 0.15) is 5.82 Å². The molecule has 2 amide bonds. The fourth-order valence-corrected chi connectivity index (χ4v) is 4.38. The quantitative estimate of drug-likeness (QED) is 0.798. The van der Waals surface area contributed by atoms with Gasteiger partial charge in [0.05, 0.1) is 12.5 Å². The highest BCUT2D eigenvalue weighted by molar-refractivity contribution is 5.88. The summed E-state index contributed by atoms with van der Waals surface area (Å²) in [5.41, 5.74) is 1.00. The molecule has 29 heavy (non-hydrogen) atoms. The van der Waals surface area contributed by atoms with Crippen molar-refractivity contribution < 1.29 is 9.59 Å². The van der Waals surface area contributed by atoms with Crippen LogP contribution in [0.2, 0.25) is 0 Å². The summed E-state index contributed by atoms with van der Waals surface area (Å²) in [5, 5.41) is 8.74. The summed E-state index contributed by atoms with van der Waals surface area (Å²) in [4.78, 5) is 29.3. The number of benzene rings is 1. The van der Waals surface area contributed by atoms with E-state index in [4.69, 9.17) is 0 Å². The molecule has 1 aromatic heterocycles. The first-order valence-corrected chi connectivity index (χ1v) is 10.7. The lowest BCUT2D eigenvalue weighted by atomic mass is 9.97. The molecule has 154 valence electrons. The molecule has 7 nitrogen and oxygen atoms in total. The molecule has 2 aliphatic rings. The van der Waals surface area contributed by atoms with E-state index in [2.05, 4.69) is 14.8 Å². The van der Waals surface area contributed by atoms with Gasteiger partial charge >= 0.3 is 0 Å². The van der Waals surface area contributed by atoms with Crippen molar-refractivity contribution in [2.45, 2.75) is 51.0 Å². The zero-order valence-corrected chi connectivity index (χ0v) is 17.1. The Morgan fingerprint density at radius 3 is 2.45 bits per heavy atom. The molecule has 0 aliphatic carbocycles. The van der Waals surface area contributed by atoms with Crippen molar-refractivity contribution in [3.63, 3.8) is 0 Å². The Kier molecular flexibility index (Phi) is 5.92. The fraction of sp³-hybridized carbons (Fsp3) is 0.545. The first-order chi connectivity index (χ1) is 14.1. The number of hydrogen-bond acceptors (Lipinski definition) is 4. The van der Waals surface area contributed by atoms with Crippen LogP contribution in [-0.2, 0) is 16.1 Å². The Morgan fingerprint density at radius 1 is 1.00 bits per heavy atom. The average Bonchev–Trinajstić information content (AvgIpc) is 2.99. The smallest absolute Gasteiger partial charge is 0.242 e. The summed E-state index contributed by atoms with van der Waals surface area (Å²) >= 11 is 0. The van der Waals surface area contributed by atoms with E-state index in [0.29, 0.717) is 5.82 Å². The van der Waals surface area contributed by atoms with E-state index in [1.165, 1.54) is 12.8 Å². The van der Waals surface area contributed by atoms with Gasteiger partial charge in [0.25, 0.3) is 0 Å². The maximum absolute atomic E-state index is 13.2. The Hall–Kier alpha value is -2.70. The molecule has 1 fully saturated rings. The van der Waals surface area contributed by atoms with Crippen LogP contribution in [0.25, 0.3) is 11.4 Å². The van der Waals surface area contributed by atoms with Crippen molar-refractivity contribution in [3.8, 4) is 11.4 Å². The molecular formula is C22H29N5O2. The molecule has 2 aromatic rings. The minimum atomic E-state index is -0.337. The maximum Gasteiger partial charge on any atom is 0.242 e. The number of rotatable bonds is 4. The lowest BCUT2D eigenvalue weighted by molar-refractivity contribution is -0.140. The van der Waals surface area contributed by atoms with E-state index >= 15 is 0 Å². The third-order valence-electron chi connectivity index (χ3n) is 6.00. The summed E-state index contributed by atoms with van der Waals surface area (Å²) in [6.07, 6.45) is 6.11. The SMILES string of the molecule is CN(CC(=O)N1CCCCCC1)C(=O)C1CCCn2c(-c3ccccc3)nnc21. The molecule has 1 unspecified atom stereocenters. The zero-order chi connectivity index (χ0) is 20.2. The summed E-state index contributed by atoms with van der Waals surface area (Å²) < 4.78 is 2.06. The van der Waals surface area contributed by atoms with Crippen LogP contribution in [0.1, 0.15) is 50.3 Å². The number of likely N-dealkylation sites (N-methyl/N-ethyl adjacent to an activating group) is 1. The van der Waals surface area contributed by atoms with Crippen LogP contribution in [0, 0.1) is 0 Å². The summed E-state index contributed by atoms with van der Waals surface area (Å²) in [6, 6.07) is 9.94. The molecular weight excluding hydrogens is 366 g/mol. The van der Waals surface area contributed by atoms with E-state index in [0.717, 1.165) is 56.7 Å². The molecule has 2 aliphatic heterocycles. The molecule has 0 spiro atoms. The average molecular weight is 396 g/mol. The van der Waals surface area contributed by atoms with Gasteiger partial charge in [0, 0.05) is 32.2 Å². The molecule has 0 bridgehead atoms. The van der Waals surface area contributed by atoms with Crippen molar-refractivity contribution in [2.75, 3.05) is 26.7 Å².